The summed E-state index contributed by atoms with van der Waals surface area (Å²) in [5.74, 6) is 1.80. The molecule has 0 unspecified atom stereocenters. The fourth-order valence-corrected chi connectivity index (χ4v) is 4.33. The number of halogens is 1. The van der Waals surface area contributed by atoms with E-state index in [1.807, 2.05) is 7.05 Å². The molecule has 2 aliphatic heterocycles. The van der Waals surface area contributed by atoms with Crippen LogP contribution >= 0.6 is 24.0 Å². The molecule has 0 aromatic carbocycles. The van der Waals surface area contributed by atoms with Crippen molar-refractivity contribution in [1.82, 2.24) is 20.7 Å². The number of nitrogens with zero attached hydrogens (tertiary/aromatic N) is 3. The molecule has 0 aliphatic carbocycles. The summed E-state index contributed by atoms with van der Waals surface area (Å²) in [6.45, 7) is 9.91. The van der Waals surface area contributed by atoms with Gasteiger partial charge in [-0.2, -0.15) is 0 Å². The van der Waals surface area contributed by atoms with E-state index in [4.69, 9.17) is 9.26 Å². The molecule has 2 fully saturated rings. The fraction of sp³-hybridized carbons (Fsp3) is 0.800. The Balaban J connectivity index is 0.00000280. The average Bonchev–Trinajstić information content (AvgIpc) is 3.38. The Morgan fingerprint density at radius 2 is 1.86 bits per heavy atom. The molecule has 2 aliphatic rings. The topological polar surface area (TPSA) is 74.9 Å². The van der Waals surface area contributed by atoms with Crippen LogP contribution in [0.3, 0.4) is 0 Å². The number of aryl methyl sites for hydroxylation is 2. The van der Waals surface area contributed by atoms with Gasteiger partial charge in [0.05, 0.1) is 5.69 Å². The number of likely N-dealkylation sites (tertiary alicyclic amines) is 1. The van der Waals surface area contributed by atoms with Gasteiger partial charge in [-0.05, 0) is 45.2 Å². The predicted molar refractivity (Wildman–Crippen MR) is 122 cm³/mol. The van der Waals surface area contributed by atoms with E-state index in [-0.39, 0.29) is 29.5 Å². The zero-order chi connectivity index (χ0) is 19.1. The highest BCUT2D eigenvalue weighted by Crippen LogP contribution is 2.30. The Labute approximate surface area is 186 Å². The molecule has 1 aromatic rings. The van der Waals surface area contributed by atoms with Crippen molar-refractivity contribution in [2.24, 2.45) is 4.99 Å². The Morgan fingerprint density at radius 1 is 1.14 bits per heavy atom. The van der Waals surface area contributed by atoms with Gasteiger partial charge in [-0.3, -0.25) is 9.89 Å². The molecule has 0 atom stereocenters. The molecule has 8 heteroatoms. The lowest BCUT2D eigenvalue weighted by atomic mass is 9.88. The molecule has 3 rings (SSSR count). The Kier molecular flexibility index (Phi) is 9.49. The second-order valence-corrected chi connectivity index (χ2v) is 7.55. The van der Waals surface area contributed by atoms with Crippen molar-refractivity contribution < 1.29 is 9.26 Å². The third kappa shape index (κ3) is 5.38. The molecule has 1 aromatic heterocycles. The highest BCUT2D eigenvalue weighted by atomic mass is 127. The third-order valence-electron chi connectivity index (χ3n) is 6.05. The zero-order valence-corrected chi connectivity index (χ0v) is 19.9. The van der Waals surface area contributed by atoms with E-state index in [2.05, 4.69) is 39.5 Å². The predicted octanol–water partition coefficient (Wildman–Crippen LogP) is 2.73. The third-order valence-corrected chi connectivity index (χ3v) is 6.05. The van der Waals surface area contributed by atoms with Crippen molar-refractivity contribution in [2.45, 2.75) is 64.5 Å². The second kappa shape index (κ2) is 11.3. The lowest BCUT2D eigenvalue weighted by Gasteiger charge is -2.45. The average molecular weight is 505 g/mol. The Morgan fingerprint density at radius 3 is 2.46 bits per heavy atom. The first kappa shape index (κ1) is 23.4. The van der Waals surface area contributed by atoms with Gasteiger partial charge in [0, 0.05) is 50.9 Å². The fourth-order valence-electron chi connectivity index (χ4n) is 4.33. The minimum atomic E-state index is 0. The zero-order valence-electron chi connectivity index (χ0n) is 17.6. The lowest BCUT2D eigenvalue weighted by molar-refractivity contribution is -0.0164. The van der Waals surface area contributed by atoms with Gasteiger partial charge in [0.1, 0.15) is 5.76 Å². The van der Waals surface area contributed by atoms with Gasteiger partial charge in [0.15, 0.2) is 5.96 Å². The normalized spacial score (nSPS) is 20.0. The van der Waals surface area contributed by atoms with Gasteiger partial charge in [0.25, 0.3) is 0 Å². The van der Waals surface area contributed by atoms with E-state index in [0.717, 1.165) is 62.9 Å². The first-order chi connectivity index (χ1) is 13.2. The van der Waals surface area contributed by atoms with Gasteiger partial charge in [-0.25, -0.2) is 0 Å². The molecule has 2 saturated heterocycles. The largest absolute Gasteiger partial charge is 0.381 e. The van der Waals surface area contributed by atoms with Gasteiger partial charge in [-0.15, -0.1) is 24.0 Å². The minimum Gasteiger partial charge on any atom is -0.381 e. The molecule has 7 nitrogen and oxygen atoms in total. The molecule has 0 radical (unpaired) electrons. The van der Waals surface area contributed by atoms with E-state index in [9.17, 15) is 0 Å². The molecule has 2 N–H and O–H groups in total. The number of ether oxygens (including phenoxy) is 1. The summed E-state index contributed by atoms with van der Waals surface area (Å²) >= 11 is 0. The molecule has 0 saturated carbocycles. The molecule has 0 amide bonds. The Bertz CT molecular complexity index is 601. The van der Waals surface area contributed by atoms with Gasteiger partial charge in [-0.1, -0.05) is 19.0 Å². The highest BCUT2D eigenvalue weighted by molar-refractivity contribution is 14.0. The summed E-state index contributed by atoms with van der Waals surface area (Å²) in [4.78, 5) is 7.10. The number of hydrogen-bond donors (Lipinski definition) is 2. The maximum absolute atomic E-state index is 5.65. The van der Waals surface area contributed by atoms with Gasteiger partial charge < -0.3 is 19.9 Å². The number of aromatic nitrogens is 1. The summed E-state index contributed by atoms with van der Waals surface area (Å²) in [6, 6.07) is 0. The maximum Gasteiger partial charge on any atom is 0.191 e. The van der Waals surface area contributed by atoms with Gasteiger partial charge >= 0.3 is 0 Å². The molecule has 3 heterocycles. The quantitative estimate of drug-likeness (QED) is 0.337. The van der Waals surface area contributed by atoms with Crippen LogP contribution < -0.4 is 10.6 Å². The monoisotopic (exact) mass is 505 g/mol. The van der Waals surface area contributed by atoms with E-state index in [1.54, 1.807) is 0 Å². The van der Waals surface area contributed by atoms with Crippen molar-refractivity contribution in [3.63, 3.8) is 0 Å². The number of aliphatic imine (C=N–C) groups is 1. The first-order valence-electron chi connectivity index (χ1n) is 10.5. The summed E-state index contributed by atoms with van der Waals surface area (Å²) < 4.78 is 11.1. The molecule has 0 spiro atoms. The van der Waals surface area contributed by atoms with Gasteiger partial charge in [0.2, 0.25) is 0 Å². The molecular weight excluding hydrogens is 469 g/mol. The SMILES string of the molecule is CCc1noc(CC)c1CNC(=NC)NCC1(N2CCCC2)CCOCC1.I. The van der Waals surface area contributed by atoms with Crippen LogP contribution in [-0.2, 0) is 24.1 Å². The standard InChI is InChI=1S/C20H35N5O2.HI/c1-4-17-16(18(5-2)27-24-17)14-22-19(21-3)23-15-20(8-12-26-13-9-20)25-10-6-7-11-25;/h4-15H2,1-3H3,(H2,21,22,23);1H. The van der Waals surface area contributed by atoms with Crippen LogP contribution in [0.5, 0.6) is 0 Å². The van der Waals surface area contributed by atoms with Crippen LogP contribution in [-0.4, -0.2) is 61.5 Å². The van der Waals surface area contributed by atoms with Crippen molar-refractivity contribution in [3.05, 3.63) is 17.0 Å². The van der Waals surface area contributed by atoms with Crippen LogP contribution in [0.4, 0.5) is 0 Å². The van der Waals surface area contributed by atoms with Crippen LogP contribution in [0, 0.1) is 0 Å². The number of rotatable bonds is 7. The van der Waals surface area contributed by atoms with Crippen molar-refractivity contribution in [3.8, 4) is 0 Å². The molecule has 28 heavy (non-hydrogen) atoms. The molecule has 0 bridgehead atoms. The molecular formula is C20H36IN5O2. The van der Waals surface area contributed by atoms with E-state index in [1.165, 1.54) is 31.5 Å². The van der Waals surface area contributed by atoms with Crippen molar-refractivity contribution in [1.29, 1.82) is 0 Å². The number of guanidine groups is 1. The minimum absolute atomic E-state index is 0. The maximum atomic E-state index is 5.65. The van der Waals surface area contributed by atoms with Crippen LogP contribution in [0.25, 0.3) is 0 Å². The van der Waals surface area contributed by atoms with E-state index in [0.29, 0.717) is 6.54 Å². The van der Waals surface area contributed by atoms with E-state index < -0.39 is 0 Å². The Hall–Kier alpha value is -0.870. The van der Waals surface area contributed by atoms with Crippen molar-refractivity contribution >= 4 is 29.9 Å². The molecule has 160 valence electrons. The van der Waals surface area contributed by atoms with Crippen LogP contribution in [0.2, 0.25) is 0 Å². The van der Waals surface area contributed by atoms with E-state index >= 15 is 0 Å². The summed E-state index contributed by atoms with van der Waals surface area (Å²) in [7, 11) is 1.83. The number of hydrogen-bond acceptors (Lipinski definition) is 5. The summed E-state index contributed by atoms with van der Waals surface area (Å²) in [5, 5.41) is 11.2. The smallest absolute Gasteiger partial charge is 0.191 e. The number of nitrogens with one attached hydrogen (secondary N) is 2. The van der Waals surface area contributed by atoms with Crippen LogP contribution in [0.1, 0.15) is 56.5 Å². The summed E-state index contributed by atoms with van der Waals surface area (Å²) in [5.41, 5.74) is 2.39. The first-order valence-corrected chi connectivity index (χ1v) is 10.5. The summed E-state index contributed by atoms with van der Waals surface area (Å²) in [6.07, 6.45) is 6.52. The lowest BCUT2D eigenvalue weighted by Crippen LogP contribution is -2.58. The second-order valence-electron chi connectivity index (χ2n) is 7.55. The highest BCUT2D eigenvalue weighted by Gasteiger charge is 2.39. The van der Waals surface area contributed by atoms with Crippen LogP contribution in [0.15, 0.2) is 9.52 Å². The van der Waals surface area contributed by atoms with Crippen molar-refractivity contribution in [2.75, 3.05) is 39.9 Å².